The van der Waals surface area contributed by atoms with Gasteiger partial charge in [-0.05, 0) is 42.3 Å². The lowest BCUT2D eigenvalue weighted by atomic mass is 10.0. The average Bonchev–Trinajstić information content (AvgIpc) is 2.50. The Kier molecular flexibility index (Phi) is 3.82. The molecule has 3 aromatic rings. The van der Waals surface area contributed by atoms with Crippen LogP contribution in [0.25, 0.3) is 11.0 Å². The van der Waals surface area contributed by atoms with Crippen LogP contribution in [0.5, 0.6) is 0 Å². The fourth-order valence-corrected chi connectivity index (χ4v) is 2.39. The highest BCUT2D eigenvalue weighted by Crippen LogP contribution is 2.23. The van der Waals surface area contributed by atoms with Crippen molar-refractivity contribution < 1.29 is 4.39 Å². The predicted molar refractivity (Wildman–Crippen MR) is 81.6 cm³/mol. The summed E-state index contributed by atoms with van der Waals surface area (Å²) < 4.78 is 13.3. The van der Waals surface area contributed by atoms with E-state index in [0.717, 1.165) is 11.0 Å². The van der Waals surface area contributed by atoms with Crippen molar-refractivity contribution in [3.8, 4) is 0 Å². The molecule has 21 heavy (non-hydrogen) atoms. The number of hydrogen-bond acceptors (Lipinski definition) is 3. The summed E-state index contributed by atoms with van der Waals surface area (Å²) in [6.07, 6.45) is 2.06. The van der Waals surface area contributed by atoms with E-state index in [1.54, 1.807) is 6.20 Å². The second-order valence-electron chi connectivity index (χ2n) is 4.83. The van der Waals surface area contributed by atoms with E-state index >= 15 is 0 Å². The second kappa shape index (κ2) is 5.76. The van der Waals surface area contributed by atoms with E-state index in [9.17, 15) is 4.39 Å². The summed E-state index contributed by atoms with van der Waals surface area (Å²) in [5.41, 5.74) is 9.09. The third-order valence-electron chi connectivity index (χ3n) is 3.29. The number of benzene rings is 2. The molecular weight excluding hydrogens is 289 g/mol. The predicted octanol–water partition coefficient (Wildman–Crippen LogP) is 3.66. The van der Waals surface area contributed by atoms with Gasteiger partial charge in [-0.2, -0.15) is 0 Å². The van der Waals surface area contributed by atoms with Crippen molar-refractivity contribution in [2.45, 2.75) is 12.5 Å². The zero-order chi connectivity index (χ0) is 14.8. The highest BCUT2D eigenvalue weighted by atomic mass is 35.5. The van der Waals surface area contributed by atoms with E-state index < -0.39 is 0 Å². The third kappa shape index (κ3) is 3.01. The average molecular weight is 302 g/mol. The molecule has 0 radical (unpaired) electrons. The van der Waals surface area contributed by atoms with Crippen molar-refractivity contribution in [2.24, 2.45) is 5.73 Å². The molecular formula is C16H13ClFN3. The number of hydrogen-bond donors (Lipinski definition) is 1. The van der Waals surface area contributed by atoms with Gasteiger partial charge in [0.05, 0.1) is 29.0 Å². The van der Waals surface area contributed by atoms with Crippen molar-refractivity contribution in [1.29, 1.82) is 0 Å². The highest BCUT2D eigenvalue weighted by molar-refractivity contribution is 6.31. The lowest BCUT2D eigenvalue weighted by Crippen LogP contribution is -2.15. The lowest BCUT2D eigenvalue weighted by Gasteiger charge is -2.12. The minimum Gasteiger partial charge on any atom is -0.322 e. The Balaban J connectivity index is 1.89. The molecule has 106 valence electrons. The molecule has 1 unspecified atom stereocenters. The summed E-state index contributed by atoms with van der Waals surface area (Å²) >= 11 is 6.06. The molecule has 0 amide bonds. The zero-order valence-electron chi connectivity index (χ0n) is 11.1. The van der Waals surface area contributed by atoms with Gasteiger partial charge in [0.25, 0.3) is 0 Å². The van der Waals surface area contributed by atoms with E-state index in [0.29, 0.717) is 22.7 Å². The SMILES string of the molecule is NC(Cc1cc(F)ccc1Cl)c1cnc2ccccc2n1. The topological polar surface area (TPSA) is 51.8 Å². The van der Waals surface area contributed by atoms with Crippen molar-refractivity contribution in [2.75, 3.05) is 0 Å². The quantitative estimate of drug-likeness (QED) is 0.803. The molecule has 2 aromatic carbocycles. The number of halogens is 2. The number of fused-ring (bicyclic) bond motifs is 1. The number of para-hydroxylation sites is 2. The Morgan fingerprint density at radius 3 is 2.71 bits per heavy atom. The largest absolute Gasteiger partial charge is 0.322 e. The minimum atomic E-state index is -0.388. The standard InChI is InChI=1S/C16H13ClFN3/c17-12-6-5-11(18)7-10(12)8-13(19)16-9-20-14-3-1-2-4-15(14)21-16/h1-7,9,13H,8,19H2. The van der Waals surface area contributed by atoms with E-state index in [2.05, 4.69) is 9.97 Å². The molecule has 0 fully saturated rings. The first-order chi connectivity index (χ1) is 10.1. The Morgan fingerprint density at radius 2 is 1.90 bits per heavy atom. The normalized spacial score (nSPS) is 12.5. The first-order valence-electron chi connectivity index (χ1n) is 6.54. The van der Waals surface area contributed by atoms with Gasteiger partial charge in [-0.3, -0.25) is 4.98 Å². The van der Waals surface area contributed by atoms with Crippen LogP contribution in [0.15, 0.2) is 48.7 Å². The Morgan fingerprint density at radius 1 is 1.14 bits per heavy atom. The molecule has 3 nitrogen and oxygen atoms in total. The van der Waals surface area contributed by atoms with E-state index in [1.807, 2.05) is 24.3 Å². The van der Waals surface area contributed by atoms with Gasteiger partial charge in [-0.1, -0.05) is 23.7 Å². The van der Waals surface area contributed by atoms with Crippen LogP contribution < -0.4 is 5.73 Å². The first kappa shape index (κ1) is 13.9. The van der Waals surface area contributed by atoms with Crippen LogP contribution in [0.3, 0.4) is 0 Å². The van der Waals surface area contributed by atoms with Gasteiger partial charge in [0.1, 0.15) is 5.82 Å². The molecule has 0 aliphatic rings. The Labute approximate surface area is 126 Å². The van der Waals surface area contributed by atoms with Gasteiger partial charge in [-0.25, -0.2) is 9.37 Å². The molecule has 0 spiro atoms. The summed E-state index contributed by atoms with van der Waals surface area (Å²) in [5, 5.41) is 0.501. The molecule has 1 atom stereocenters. The van der Waals surface area contributed by atoms with Crippen molar-refractivity contribution in [3.05, 3.63) is 70.8 Å². The van der Waals surface area contributed by atoms with Gasteiger partial charge in [-0.15, -0.1) is 0 Å². The smallest absolute Gasteiger partial charge is 0.123 e. The fourth-order valence-electron chi connectivity index (χ4n) is 2.19. The molecule has 0 aliphatic carbocycles. The third-order valence-corrected chi connectivity index (χ3v) is 3.66. The van der Waals surface area contributed by atoms with Crippen LogP contribution in [0, 0.1) is 5.82 Å². The van der Waals surface area contributed by atoms with E-state index in [4.69, 9.17) is 17.3 Å². The monoisotopic (exact) mass is 301 g/mol. The molecule has 0 saturated carbocycles. The molecule has 1 heterocycles. The lowest BCUT2D eigenvalue weighted by molar-refractivity contribution is 0.621. The maximum Gasteiger partial charge on any atom is 0.123 e. The summed E-state index contributed by atoms with van der Waals surface area (Å²) in [4.78, 5) is 8.83. The molecule has 0 aliphatic heterocycles. The molecule has 0 bridgehead atoms. The van der Waals surface area contributed by atoms with Crippen molar-refractivity contribution in [3.63, 3.8) is 0 Å². The van der Waals surface area contributed by atoms with Crippen LogP contribution in [0.4, 0.5) is 4.39 Å². The number of nitrogens with two attached hydrogens (primary N) is 1. The summed E-state index contributed by atoms with van der Waals surface area (Å²) in [5.74, 6) is -0.328. The van der Waals surface area contributed by atoms with Gasteiger partial charge < -0.3 is 5.73 Å². The van der Waals surface area contributed by atoms with E-state index in [1.165, 1.54) is 18.2 Å². The Bertz CT molecular complexity index is 791. The van der Waals surface area contributed by atoms with Crippen LogP contribution in [-0.2, 0) is 6.42 Å². The maximum atomic E-state index is 13.3. The highest BCUT2D eigenvalue weighted by Gasteiger charge is 2.13. The second-order valence-corrected chi connectivity index (χ2v) is 5.24. The van der Waals surface area contributed by atoms with Gasteiger partial charge in [0, 0.05) is 5.02 Å². The minimum absolute atomic E-state index is 0.328. The zero-order valence-corrected chi connectivity index (χ0v) is 11.9. The van der Waals surface area contributed by atoms with Gasteiger partial charge in [0.2, 0.25) is 0 Å². The summed E-state index contributed by atoms with van der Waals surface area (Å²) in [6, 6.07) is 11.4. The molecule has 1 aromatic heterocycles. The van der Waals surface area contributed by atoms with Crippen LogP contribution in [0.2, 0.25) is 5.02 Å². The molecule has 5 heteroatoms. The van der Waals surface area contributed by atoms with Gasteiger partial charge >= 0.3 is 0 Å². The number of nitrogens with zero attached hydrogens (tertiary/aromatic N) is 2. The maximum absolute atomic E-state index is 13.3. The van der Waals surface area contributed by atoms with E-state index in [-0.39, 0.29) is 11.9 Å². The fraction of sp³-hybridized carbons (Fsp3) is 0.125. The van der Waals surface area contributed by atoms with Gasteiger partial charge in [0.15, 0.2) is 0 Å². The van der Waals surface area contributed by atoms with Crippen LogP contribution in [-0.4, -0.2) is 9.97 Å². The van der Waals surface area contributed by atoms with Crippen molar-refractivity contribution in [1.82, 2.24) is 9.97 Å². The summed E-state index contributed by atoms with van der Waals surface area (Å²) in [7, 11) is 0. The number of aromatic nitrogens is 2. The molecule has 0 saturated heterocycles. The Hall–Kier alpha value is -2.04. The van der Waals surface area contributed by atoms with Crippen molar-refractivity contribution >= 4 is 22.6 Å². The summed E-state index contributed by atoms with van der Waals surface area (Å²) in [6.45, 7) is 0. The van der Waals surface area contributed by atoms with Crippen LogP contribution >= 0.6 is 11.6 Å². The molecule has 2 N–H and O–H groups in total. The molecule has 3 rings (SSSR count). The number of rotatable bonds is 3. The first-order valence-corrected chi connectivity index (χ1v) is 6.92. The van der Waals surface area contributed by atoms with Crippen LogP contribution in [0.1, 0.15) is 17.3 Å².